The van der Waals surface area contributed by atoms with Crippen LogP contribution in [0.5, 0.6) is 0 Å². The molecular weight excluding hydrogens is 162 g/mol. The summed E-state index contributed by atoms with van der Waals surface area (Å²) in [6.45, 7) is 2.41. The van der Waals surface area contributed by atoms with Crippen LogP contribution in [0, 0.1) is 12.5 Å². The topological polar surface area (TPSA) is 37.4 Å². The summed E-state index contributed by atoms with van der Waals surface area (Å²) in [5.74, 6) is 0. The average Bonchev–Trinajstić information content (AvgIpc) is 1.87. The molecule has 0 heterocycles. The number of hydrogen-bond donors (Lipinski definition) is 0. The Kier molecular flexibility index (Phi) is 3.98. The molecule has 0 aromatic carbocycles. The molecule has 0 rings (SSSR count). The minimum absolute atomic E-state index is 0.422. The Balaban J connectivity index is 4.12. The lowest BCUT2D eigenvalue weighted by Gasteiger charge is -2.13. The SMILES string of the molecule is C#CN(CCCC)S(C)(=O)=O. The Morgan fingerprint density at radius 3 is 2.36 bits per heavy atom. The lowest BCUT2D eigenvalue weighted by atomic mass is 10.3. The lowest BCUT2D eigenvalue weighted by Crippen LogP contribution is -2.25. The van der Waals surface area contributed by atoms with Gasteiger partial charge in [-0.1, -0.05) is 19.8 Å². The van der Waals surface area contributed by atoms with Gasteiger partial charge < -0.3 is 0 Å². The Morgan fingerprint density at radius 1 is 1.55 bits per heavy atom. The molecule has 0 N–H and O–H groups in total. The van der Waals surface area contributed by atoms with Crippen molar-refractivity contribution in [1.29, 1.82) is 0 Å². The van der Waals surface area contributed by atoms with Gasteiger partial charge in [0.1, 0.15) is 0 Å². The van der Waals surface area contributed by atoms with Gasteiger partial charge in [-0.05, 0) is 6.42 Å². The summed E-state index contributed by atoms with van der Waals surface area (Å²) in [7, 11) is -3.19. The number of terminal acetylenes is 1. The summed E-state index contributed by atoms with van der Waals surface area (Å²) in [5, 5.41) is 0. The average molecular weight is 175 g/mol. The van der Waals surface area contributed by atoms with Crippen LogP contribution < -0.4 is 0 Å². The van der Waals surface area contributed by atoms with E-state index >= 15 is 0 Å². The molecule has 4 heteroatoms. The van der Waals surface area contributed by atoms with Gasteiger partial charge in [0, 0.05) is 12.6 Å². The van der Waals surface area contributed by atoms with Crippen molar-refractivity contribution in [1.82, 2.24) is 4.31 Å². The fraction of sp³-hybridized carbons (Fsp3) is 0.714. The first-order valence-electron chi connectivity index (χ1n) is 3.46. The quantitative estimate of drug-likeness (QED) is 0.464. The Labute approximate surface area is 68.4 Å². The zero-order valence-electron chi connectivity index (χ0n) is 6.87. The molecule has 0 saturated carbocycles. The van der Waals surface area contributed by atoms with Gasteiger partial charge in [-0.25, -0.2) is 12.7 Å². The van der Waals surface area contributed by atoms with E-state index in [9.17, 15) is 8.42 Å². The van der Waals surface area contributed by atoms with Crippen molar-refractivity contribution in [3.8, 4) is 12.5 Å². The highest BCUT2D eigenvalue weighted by Gasteiger charge is 2.10. The summed E-state index contributed by atoms with van der Waals surface area (Å²) in [6, 6.07) is 2.12. The molecule has 0 aromatic heterocycles. The van der Waals surface area contributed by atoms with Crippen LogP contribution in [0.15, 0.2) is 0 Å². The van der Waals surface area contributed by atoms with E-state index in [4.69, 9.17) is 6.42 Å². The molecule has 0 unspecified atom stereocenters. The molecule has 0 spiro atoms. The molecular formula is C7H13NO2S. The van der Waals surface area contributed by atoms with E-state index in [0.29, 0.717) is 6.54 Å². The van der Waals surface area contributed by atoms with Crippen molar-refractivity contribution in [2.75, 3.05) is 12.8 Å². The maximum atomic E-state index is 10.9. The molecule has 64 valence electrons. The Hall–Kier alpha value is -0.690. The van der Waals surface area contributed by atoms with Crippen LogP contribution in [0.4, 0.5) is 0 Å². The number of rotatable bonds is 4. The smallest absolute Gasteiger partial charge is 0.229 e. The molecule has 0 saturated heterocycles. The Morgan fingerprint density at radius 2 is 2.09 bits per heavy atom. The summed E-state index contributed by atoms with van der Waals surface area (Å²) < 4.78 is 22.7. The molecule has 11 heavy (non-hydrogen) atoms. The summed E-state index contributed by atoms with van der Waals surface area (Å²) >= 11 is 0. The third-order valence-corrected chi connectivity index (χ3v) is 2.35. The monoisotopic (exact) mass is 175 g/mol. The predicted octanol–water partition coefficient (Wildman–Crippen LogP) is 0.639. The molecule has 0 bridgehead atoms. The molecule has 0 aliphatic rings. The molecule has 0 aliphatic heterocycles. The molecule has 3 nitrogen and oxygen atoms in total. The van der Waals surface area contributed by atoms with Crippen LogP contribution in [0.25, 0.3) is 0 Å². The van der Waals surface area contributed by atoms with Crippen molar-refractivity contribution in [2.24, 2.45) is 0 Å². The normalized spacial score (nSPS) is 10.6. The third-order valence-electron chi connectivity index (χ3n) is 1.26. The minimum atomic E-state index is -3.19. The van der Waals surface area contributed by atoms with E-state index in [1.165, 1.54) is 0 Å². The van der Waals surface area contributed by atoms with Gasteiger partial charge >= 0.3 is 0 Å². The standard InChI is InChI=1S/C7H13NO2S/c1-4-6-7-8(5-2)11(3,9)10/h2H,4,6-7H2,1,3H3. The zero-order valence-corrected chi connectivity index (χ0v) is 7.69. The van der Waals surface area contributed by atoms with Crippen LogP contribution in [0.2, 0.25) is 0 Å². The van der Waals surface area contributed by atoms with Crippen LogP contribution in [0.1, 0.15) is 19.8 Å². The highest BCUT2D eigenvalue weighted by atomic mass is 32.2. The number of sulfonamides is 1. The number of nitrogens with zero attached hydrogens (tertiary/aromatic N) is 1. The van der Waals surface area contributed by atoms with Crippen molar-refractivity contribution in [3.05, 3.63) is 0 Å². The van der Waals surface area contributed by atoms with Crippen LogP contribution >= 0.6 is 0 Å². The molecule has 0 atom stereocenters. The summed E-state index contributed by atoms with van der Waals surface area (Å²) in [5.41, 5.74) is 0. The molecule has 0 aromatic rings. The first-order valence-corrected chi connectivity index (χ1v) is 5.31. The molecule has 0 amide bonds. The van der Waals surface area contributed by atoms with Crippen LogP contribution in [0.3, 0.4) is 0 Å². The zero-order chi connectivity index (χ0) is 8.91. The first-order chi connectivity index (χ1) is 5.02. The highest BCUT2D eigenvalue weighted by Crippen LogP contribution is 1.98. The van der Waals surface area contributed by atoms with Crippen molar-refractivity contribution in [2.45, 2.75) is 19.8 Å². The van der Waals surface area contributed by atoms with Crippen molar-refractivity contribution >= 4 is 10.0 Å². The second kappa shape index (κ2) is 4.24. The van der Waals surface area contributed by atoms with E-state index in [2.05, 4.69) is 6.04 Å². The Bertz CT molecular complexity index is 238. The fourth-order valence-electron chi connectivity index (χ4n) is 0.628. The second-order valence-corrected chi connectivity index (χ2v) is 4.22. The summed E-state index contributed by atoms with van der Waals surface area (Å²) in [4.78, 5) is 0. The largest absolute Gasteiger partial charge is 0.238 e. The van der Waals surface area contributed by atoms with Gasteiger partial charge in [-0.3, -0.25) is 0 Å². The molecule has 0 fully saturated rings. The van der Waals surface area contributed by atoms with Crippen molar-refractivity contribution < 1.29 is 8.42 Å². The maximum absolute atomic E-state index is 10.9. The predicted molar refractivity (Wildman–Crippen MR) is 45.3 cm³/mol. The first kappa shape index (κ1) is 10.3. The van der Waals surface area contributed by atoms with Gasteiger partial charge in [0.2, 0.25) is 10.0 Å². The lowest BCUT2D eigenvalue weighted by molar-refractivity contribution is 0.506. The molecule has 0 aliphatic carbocycles. The molecule has 0 radical (unpaired) electrons. The van der Waals surface area contributed by atoms with E-state index < -0.39 is 10.0 Å². The summed E-state index contributed by atoms with van der Waals surface area (Å²) in [6.07, 6.45) is 7.85. The van der Waals surface area contributed by atoms with Crippen LogP contribution in [-0.2, 0) is 10.0 Å². The second-order valence-electron chi connectivity index (χ2n) is 2.32. The van der Waals surface area contributed by atoms with E-state index in [-0.39, 0.29) is 0 Å². The minimum Gasteiger partial charge on any atom is -0.229 e. The van der Waals surface area contributed by atoms with Gasteiger partial charge in [-0.2, -0.15) is 0 Å². The maximum Gasteiger partial charge on any atom is 0.238 e. The third kappa shape index (κ3) is 3.89. The number of unbranched alkanes of at least 4 members (excludes halogenated alkanes) is 1. The van der Waals surface area contributed by atoms with Crippen molar-refractivity contribution in [3.63, 3.8) is 0 Å². The number of hydrogen-bond acceptors (Lipinski definition) is 2. The van der Waals surface area contributed by atoms with E-state index in [1.54, 1.807) is 0 Å². The fourth-order valence-corrected chi connectivity index (χ4v) is 1.28. The van der Waals surface area contributed by atoms with Gasteiger partial charge in [0.25, 0.3) is 0 Å². The van der Waals surface area contributed by atoms with E-state index in [1.807, 2.05) is 6.92 Å². The highest BCUT2D eigenvalue weighted by molar-refractivity contribution is 7.88. The van der Waals surface area contributed by atoms with Gasteiger partial charge in [0.15, 0.2) is 0 Å². The van der Waals surface area contributed by atoms with E-state index in [0.717, 1.165) is 23.4 Å². The van der Waals surface area contributed by atoms with Crippen LogP contribution in [-0.4, -0.2) is 25.5 Å². The van der Waals surface area contributed by atoms with Gasteiger partial charge in [0.05, 0.1) is 6.26 Å². The van der Waals surface area contributed by atoms with Gasteiger partial charge in [-0.15, -0.1) is 0 Å².